The Morgan fingerprint density at radius 2 is 0.857 bits per heavy atom. The minimum atomic E-state index is 0.639. The normalized spacial score (nSPS) is 10.4. The summed E-state index contributed by atoms with van der Waals surface area (Å²) in [5.74, 6) is 4.72. The lowest BCUT2D eigenvalue weighted by atomic mass is 10.3. The summed E-state index contributed by atoms with van der Waals surface area (Å²) >= 11 is 12.5. The van der Waals surface area contributed by atoms with Gasteiger partial charge >= 0.3 is 0 Å². The lowest BCUT2D eigenvalue weighted by Gasteiger charge is -2.13. The lowest BCUT2D eigenvalue weighted by Crippen LogP contribution is -2.03. The fourth-order valence-electron chi connectivity index (χ4n) is 1.56. The summed E-state index contributed by atoms with van der Waals surface area (Å²) < 4.78 is 17.1. The van der Waals surface area contributed by atoms with Crippen LogP contribution in [0.25, 0.3) is 0 Å². The highest BCUT2D eigenvalue weighted by molar-refractivity contribution is 7.80. The molecule has 0 bridgehead atoms. The summed E-state index contributed by atoms with van der Waals surface area (Å²) in [6.45, 7) is 1.92. The minimum absolute atomic E-state index is 0.639. The topological polar surface area (TPSA) is 27.7 Å². The van der Waals surface area contributed by atoms with Crippen molar-refractivity contribution < 1.29 is 14.2 Å². The zero-order chi connectivity index (χ0) is 15.3. The van der Waals surface area contributed by atoms with Crippen molar-refractivity contribution in [2.24, 2.45) is 0 Å². The molecule has 3 nitrogen and oxygen atoms in total. The van der Waals surface area contributed by atoms with Crippen molar-refractivity contribution in [3.8, 4) is 17.2 Å². The number of hydrogen-bond acceptors (Lipinski definition) is 6. The first kappa shape index (κ1) is 18.7. The fourth-order valence-corrected chi connectivity index (χ4v) is 1.95. The van der Waals surface area contributed by atoms with Crippen LogP contribution in [-0.4, -0.2) is 37.1 Å². The molecule has 0 aromatic heterocycles. The van der Waals surface area contributed by atoms with E-state index in [2.05, 4.69) is 37.9 Å². The van der Waals surface area contributed by atoms with Crippen LogP contribution in [0.1, 0.15) is 19.3 Å². The van der Waals surface area contributed by atoms with E-state index in [4.69, 9.17) is 14.2 Å². The molecule has 0 spiro atoms. The van der Waals surface area contributed by atoms with Gasteiger partial charge in [0.2, 0.25) is 0 Å². The van der Waals surface area contributed by atoms with Gasteiger partial charge in [-0.2, -0.15) is 37.9 Å². The average Bonchev–Trinajstić information content (AvgIpc) is 2.48. The first-order valence-corrected chi connectivity index (χ1v) is 9.06. The Morgan fingerprint density at radius 1 is 0.571 bits per heavy atom. The SMILES string of the molecule is SCCCOc1cc(OCCCS)cc(OCCCS)c1. The summed E-state index contributed by atoms with van der Waals surface area (Å²) in [6, 6.07) is 5.67. The number of benzene rings is 1. The van der Waals surface area contributed by atoms with Crippen molar-refractivity contribution in [2.75, 3.05) is 37.1 Å². The second-order valence-electron chi connectivity index (χ2n) is 4.42. The molecule has 0 aliphatic rings. The molecular formula is C15H24O3S3. The molecule has 0 atom stereocenters. The molecule has 1 rings (SSSR count). The van der Waals surface area contributed by atoms with E-state index >= 15 is 0 Å². The van der Waals surface area contributed by atoms with Gasteiger partial charge in [0.05, 0.1) is 19.8 Å². The van der Waals surface area contributed by atoms with Crippen molar-refractivity contribution in [1.82, 2.24) is 0 Å². The van der Waals surface area contributed by atoms with Gasteiger partial charge in [-0.25, -0.2) is 0 Å². The largest absolute Gasteiger partial charge is 0.493 e. The Bertz CT molecular complexity index is 319. The number of thiol groups is 3. The van der Waals surface area contributed by atoms with Gasteiger partial charge in [0.15, 0.2) is 0 Å². The van der Waals surface area contributed by atoms with Gasteiger partial charge in [0.25, 0.3) is 0 Å². The van der Waals surface area contributed by atoms with Crippen LogP contribution in [0, 0.1) is 0 Å². The molecule has 0 heterocycles. The predicted octanol–water partition coefficient (Wildman–Crippen LogP) is 3.78. The van der Waals surface area contributed by atoms with Crippen LogP contribution in [0.3, 0.4) is 0 Å². The maximum Gasteiger partial charge on any atom is 0.126 e. The van der Waals surface area contributed by atoms with Crippen LogP contribution >= 0.6 is 37.9 Å². The zero-order valence-corrected chi connectivity index (χ0v) is 14.8. The molecule has 0 N–H and O–H groups in total. The molecule has 120 valence electrons. The summed E-state index contributed by atoms with van der Waals surface area (Å²) in [6.07, 6.45) is 2.72. The highest BCUT2D eigenvalue weighted by Crippen LogP contribution is 2.28. The third-order valence-electron chi connectivity index (χ3n) is 2.57. The van der Waals surface area contributed by atoms with Crippen LogP contribution < -0.4 is 14.2 Å². The first-order chi connectivity index (χ1) is 10.3. The molecule has 0 unspecified atom stereocenters. The number of rotatable bonds is 12. The second kappa shape index (κ2) is 12.2. The Labute approximate surface area is 144 Å². The Balaban J connectivity index is 2.65. The highest BCUT2D eigenvalue weighted by atomic mass is 32.1. The van der Waals surface area contributed by atoms with Crippen molar-refractivity contribution >= 4 is 37.9 Å². The minimum Gasteiger partial charge on any atom is -0.493 e. The quantitative estimate of drug-likeness (QED) is 0.396. The molecule has 0 aliphatic carbocycles. The first-order valence-electron chi connectivity index (χ1n) is 7.16. The molecule has 0 fully saturated rings. The Kier molecular flexibility index (Phi) is 10.9. The molecule has 0 amide bonds. The van der Waals surface area contributed by atoms with Crippen molar-refractivity contribution in [3.05, 3.63) is 18.2 Å². The molecule has 1 aromatic rings. The van der Waals surface area contributed by atoms with Gasteiger partial charge in [-0.15, -0.1) is 0 Å². The van der Waals surface area contributed by atoms with E-state index in [1.807, 2.05) is 18.2 Å². The summed E-state index contributed by atoms with van der Waals surface area (Å²) in [7, 11) is 0. The van der Waals surface area contributed by atoms with Crippen molar-refractivity contribution in [1.29, 1.82) is 0 Å². The second-order valence-corrected chi connectivity index (χ2v) is 5.76. The van der Waals surface area contributed by atoms with E-state index in [1.165, 1.54) is 0 Å². The molecule has 6 heteroatoms. The van der Waals surface area contributed by atoms with Gasteiger partial charge in [-0.3, -0.25) is 0 Å². The third-order valence-corrected chi connectivity index (χ3v) is 3.52. The van der Waals surface area contributed by atoms with E-state index in [-0.39, 0.29) is 0 Å². The van der Waals surface area contributed by atoms with Crippen LogP contribution in [0.4, 0.5) is 0 Å². The van der Waals surface area contributed by atoms with Crippen LogP contribution in [0.15, 0.2) is 18.2 Å². The van der Waals surface area contributed by atoms with Crippen molar-refractivity contribution in [3.63, 3.8) is 0 Å². The van der Waals surface area contributed by atoms with Gasteiger partial charge in [0.1, 0.15) is 17.2 Å². The average molecular weight is 349 g/mol. The lowest BCUT2D eigenvalue weighted by molar-refractivity contribution is 0.288. The van der Waals surface area contributed by atoms with Crippen LogP contribution in [-0.2, 0) is 0 Å². The summed E-state index contributed by atoms with van der Waals surface area (Å²) in [5, 5.41) is 0. The molecule has 21 heavy (non-hydrogen) atoms. The molecule has 1 aromatic carbocycles. The van der Waals surface area contributed by atoms with Gasteiger partial charge in [0, 0.05) is 18.2 Å². The Hall–Kier alpha value is -0.330. The van der Waals surface area contributed by atoms with E-state index in [0.717, 1.165) is 53.8 Å². The smallest absolute Gasteiger partial charge is 0.126 e. The van der Waals surface area contributed by atoms with Gasteiger partial charge in [-0.1, -0.05) is 0 Å². The molecule has 0 aliphatic heterocycles. The summed E-state index contributed by atoms with van der Waals surface area (Å²) in [4.78, 5) is 0. The fraction of sp³-hybridized carbons (Fsp3) is 0.600. The molecule has 0 radical (unpaired) electrons. The van der Waals surface area contributed by atoms with E-state index < -0.39 is 0 Å². The van der Waals surface area contributed by atoms with Crippen LogP contribution in [0.2, 0.25) is 0 Å². The maximum atomic E-state index is 5.70. The third kappa shape index (κ3) is 8.63. The molecule has 0 saturated heterocycles. The number of ether oxygens (including phenoxy) is 3. The standard InChI is InChI=1S/C15H24O3S3/c19-7-1-4-16-13-10-14(17-5-2-8-20)12-15(11-13)18-6-3-9-21/h10-12,19-21H,1-9H2. The summed E-state index contributed by atoms with van der Waals surface area (Å²) in [5.41, 5.74) is 0. The number of hydrogen-bond donors (Lipinski definition) is 3. The van der Waals surface area contributed by atoms with E-state index in [1.54, 1.807) is 0 Å². The van der Waals surface area contributed by atoms with Gasteiger partial charge < -0.3 is 14.2 Å². The molecule has 0 saturated carbocycles. The van der Waals surface area contributed by atoms with Crippen molar-refractivity contribution in [2.45, 2.75) is 19.3 Å². The maximum absolute atomic E-state index is 5.70. The zero-order valence-electron chi connectivity index (χ0n) is 12.2. The predicted molar refractivity (Wildman–Crippen MR) is 98.3 cm³/mol. The van der Waals surface area contributed by atoms with Crippen LogP contribution in [0.5, 0.6) is 17.2 Å². The van der Waals surface area contributed by atoms with Gasteiger partial charge in [-0.05, 0) is 36.5 Å². The monoisotopic (exact) mass is 348 g/mol. The molecular weight excluding hydrogens is 324 g/mol. The van der Waals surface area contributed by atoms with E-state index in [0.29, 0.717) is 19.8 Å². The Morgan fingerprint density at radius 3 is 1.10 bits per heavy atom. The van der Waals surface area contributed by atoms with E-state index in [9.17, 15) is 0 Å². The highest BCUT2D eigenvalue weighted by Gasteiger charge is 2.05.